The van der Waals surface area contributed by atoms with Crippen LogP contribution in [0.4, 0.5) is 17.6 Å². The van der Waals surface area contributed by atoms with Crippen LogP contribution < -0.4 is 14.2 Å². The van der Waals surface area contributed by atoms with E-state index in [0.29, 0.717) is 56.9 Å². The molecule has 300 valence electrons. The Labute approximate surface area is 340 Å². The van der Waals surface area contributed by atoms with Crippen LogP contribution in [0.2, 0.25) is 0 Å². The number of hydrogen-bond donors (Lipinski definition) is 0. The largest absolute Gasteiger partial charge is 0.458 e. The topological polar surface area (TPSA) is 80.3 Å². The molecule has 0 heterocycles. The van der Waals surface area contributed by atoms with Crippen molar-refractivity contribution in [3.63, 3.8) is 0 Å². The highest BCUT2D eigenvalue weighted by atomic mass is 19.4. The number of allylic oxidation sites excluding steroid dienone is 2. The summed E-state index contributed by atoms with van der Waals surface area (Å²) < 4.78 is 78.6. The highest BCUT2D eigenvalue weighted by Gasteiger charge is 2.34. The van der Waals surface area contributed by atoms with E-state index in [1.54, 1.807) is 67.6 Å². The van der Waals surface area contributed by atoms with Crippen LogP contribution in [0.3, 0.4) is 0 Å². The van der Waals surface area contributed by atoms with Crippen LogP contribution in [0.5, 0.6) is 17.2 Å². The van der Waals surface area contributed by atoms with E-state index in [9.17, 15) is 27.2 Å². The van der Waals surface area contributed by atoms with Gasteiger partial charge in [0.1, 0.15) is 28.8 Å². The van der Waals surface area contributed by atoms with Gasteiger partial charge in [0.2, 0.25) is 6.79 Å². The average Bonchev–Trinajstić information content (AvgIpc) is 3.22. The molecule has 0 aliphatic heterocycles. The lowest BCUT2D eigenvalue weighted by Crippen LogP contribution is -2.15. The van der Waals surface area contributed by atoms with Gasteiger partial charge in [0, 0.05) is 22.8 Å². The van der Waals surface area contributed by atoms with E-state index in [2.05, 4.69) is 56.6 Å². The average molecular weight is 803 g/mol. The van der Waals surface area contributed by atoms with Crippen LogP contribution in [-0.4, -0.2) is 31.6 Å². The fourth-order valence-corrected chi connectivity index (χ4v) is 4.72. The first-order valence-electron chi connectivity index (χ1n) is 17.7. The van der Waals surface area contributed by atoms with Gasteiger partial charge in [0.25, 0.3) is 0 Å². The van der Waals surface area contributed by atoms with E-state index in [1.165, 1.54) is 36.6 Å². The Balaban J connectivity index is 1.46. The lowest BCUT2D eigenvalue weighted by atomic mass is 9.98. The van der Waals surface area contributed by atoms with Crippen LogP contribution in [0.1, 0.15) is 57.1 Å². The second kappa shape index (κ2) is 21.1. The van der Waals surface area contributed by atoms with Gasteiger partial charge in [-0.25, -0.2) is 9.59 Å². The number of rotatable bonds is 16. The molecule has 0 fully saturated rings. The summed E-state index contributed by atoms with van der Waals surface area (Å²) in [4.78, 5) is 25.0. The van der Waals surface area contributed by atoms with Gasteiger partial charge in [0.05, 0.1) is 29.6 Å². The maximum absolute atomic E-state index is 13.4. The summed E-state index contributed by atoms with van der Waals surface area (Å²) in [6.45, 7) is 18.3. The van der Waals surface area contributed by atoms with Crippen LogP contribution in [0, 0.1) is 23.7 Å². The molecule has 4 aromatic rings. The van der Waals surface area contributed by atoms with Gasteiger partial charge in [-0.2, -0.15) is 13.2 Å². The van der Waals surface area contributed by atoms with Crippen LogP contribution in [0.15, 0.2) is 153 Å². The van der Waals surface area contributed by atoms with Gasteiger partial charge < -0.3 is 23.7 Å². The summed E-state index contributed by atoms with van der Waals surface area (Å²) in [5, 5.41) is 0. The first kappa shape index (κ1) is 44.2. The quantitative estimate of drug-likeness (QED) is 0.0163. The van der Waals surface area contributed by atoms with Gasteiger partial charge in [-0.3, -0.25) is 4.39 Å². The molecule has 0 bridgehead atoms. The van der Waals surface area contributed by atoms with Crippen LogP contribution in [-0.2, 0) is 20.7 Å². The zero-order chi connectivity index (χ0) is 43.0. The molecule has 0 unspecified atom stereocenters. The molecule has 0 atom stereocenters. The Hall–Kier alpha value is -7.50. The fraction of sp³-hybridized carbons (Fsp3) is 0.125. The maximum Gasteiger partial charge on any atom is 0.419 e. The van der Waals surface area contributed by atoms with Crippen molar-refractivity contribution in [1.82, 2.24) is 0 Å². The lowest BCUT2D eigenvalue weighted by molar-refractivity contribution is -0.129. The maximum atomic E-state index is 13.4. The lowest BCUT2D eigenvalue weighted by Gasteiger charge is -2.13. The highest BCUT2D eigenvalue weighted by molar-refractivity contribution is 5.90. The van der Waals surface area contributed by atoms with E-state index in [4.69, 9.17) is 23.7 Å². The summed E-state index contributed by atoms with van der Waals surface area (Å²) in [6, 6.07) is 22.5. The van der Waals surface area contributed by atoms with E-state index in [1.807, 2.05) is 0 Å². The minimum Gasteiger partial charge on any atom is -0.458 e. The van der Waals surface area contributed by atoms with Gasteiger partial charge in [0.15, 0.2) is 0 Å². The second-order valence-corrected chi connectivity index (χ2v) is 12.4. The zero-order valence-corrected chi connectivity index (χ0v) is 32.0. The third-order valence-electron chi connectivity index (χ3n) is 7.97. The van der Waals surface area contributed by atoms with Gasteiger partial charge in [-0.1, -0.05) is 68.7 Å². The molecule has 0 aliphatic rings. The molecular weight excluding hydrogens is 765 g/mol. The molecule has 7 nitrogen and oxygen atoms in total. The number of ether oxygens (including phenoxy) is 5. The molecule has 0 saturated carbocycles. The number of carbonyl (C=O) groups excluding carboxylic acids is 2. The van der Waals surface area contributed by atoms with Gasteiger partial charge >= 0.3 is 18.1 Å². The van der Waals surface area contributed by atoms with E-state index < -0.39 is 36.1 Å². The molecule has 4 aromatic carbocycles. The van der Waals surface area contributed by atoms with Crippen molar-refractivity contribution < 1.29 is 50.8 Å². The van der Waals surface area contributed by atoms with Crippen LogP contribution in [0.25, 0.3) is 6.08 Å². The molecule has 0 N–H and O–H groups in total. The number of esters is 2. The van der Waals surface area contributed by atoms with Gasteiger partial charge in [-0.05, 0) is 115 Å². The number of hydrogen-bond acceptors (Lipinski definition) is 7. The van der Waals surface area contributed by atoms with Crippen molar-refractivity contribution in [3.05, 3.63) is 192 Å². The Bertz CT molecular complexity index is 2380. The molecule has 0 spiro atoms. The molecule has 11 heteroatoms. The van der Waals surface area contributed by atoms with Crippen molar-refractivity contribution in [2.75, 3.05) is 13.5 Å². The third kappa shape index (κ3) is 13.9. The van der Waals surface area contributed by atoms with Crippen molar-refractivity contribution in [2.24, 2.45) is 0 Å². The summed E-state index contributed by atoms with van der Waals surface area (Å²) in [5.74, 6) is 11.4. The molecule has 4 rings (SSSR count). The predicted octanol–water partition coefficient (Wildman–Crippen LogP) is 10.8. The first-order chi connectivity index (χ1) is 28.2. The first-order valence-corrected chi connectivity index (χ1v) is 17.7. The molecule has 59 heavy (non-hydrogen) atoms. The summed E-state index contributed by atoms with van der Waals surface area (Å²) in [7, 11) is 0. The summed E-state index contributed by atoms with van der Waals surface area (Å²) in [5.41, 5.74) is 3.00. The molecule has 0 radical (unpaired) electrons. The third-order valence-corrected chi connectivity index (χ3v) is 7.97. The molecule has 0 amide bonds. The van der Waals surface area contributed by atoms with Crippen molar-refractivity contribution in [2.45, 2.75) is 25.9 Å². The minimum atomic E-state index is -4.66. The summed E-state index contributed by atoms with van der Waals surface area (Å²) in [6.07, 6.45) is -0.494. The number of alkyl halides is 4. The predicted molar refractivity (Wildman–Crippen MR) is 218 cm³/mol. The number of aryl methyl sites for hydroxylation is 1. The van der Waals surface area contributed by atoms with E-state index >= 15 is 0 Å². The van der Waals surface area contributed by atoms with Crippen molar-refractivity contribution in [3.8, 4) is 40.9 Å². The Morgan fingerprint density at radius 3 is 1.98 bits per heavy atom. The van der Waals surface area contributed by atoms with Crippen molar-refractivity contribution in [1.29, 1.82) is 0 Å². The Morgan fingerprint density at radius 2 is 1.37 bits per heavy atom. The SMILES string of the molecule is C=CC(=O)Oc1cc(C#Cc2ccc(C(=O)O/C=C/c3ccc(OC(=C)C(=C)C(F)(F)F)cc3)cc2)cc(CCCF)c1C#Cc1ccc(OCOC(=C)C(=C)C)cc1. The number of benzene rings is 4. The highest BCUT2D eigenvalue weighted by Crippen LogP contribution is 2.31. The number of carbonyl (C=O) groups is 2. The Morgan fingerprint density at radius 1 is 0.763 bits per heavy atom. The molecule has 0 aromatic heterocycles. The van der Waals surface area contributed by atoms with E-state index in [-0.39, 0.29) is 30.3 Å². The van der Waals surface area contributed by atoms with E-state index in [0.717, 1.165) is 6.08 Å². The minimum absolute atomic E-state index is 0.0447. The monoisotopic (exact) mass is 802 g/mol. The molecule has 0 saturated heterocycles. The second-order valence-electron chi connectivity index (χ2n) is 12.4. The Kier molecular flexibility index (Phi) is 15.8. The van der Waals surface area contributed by atoms with Crippen molar-refractivity contribution >= 4 is 18.0 Å². The summed E-state index contributed by atoms with van der Waals surface area (Å²) >= 11 is 0. The molecule has 0 aliphatic carbocycles. The van der Waals surface area contributed by atoms with Gasteiger partial charge in [-0.15, -0.1) is 0 Å². The standard InChI is InChI=1S/C48H38F4O7/c1-7-46(53)59-45-30-39(29-41(9-8-27-49)44(45)25-18-37-14-21-42(22-15-37)57-31-56-34(5)32(2)3)11-10-36-12-19-40(20-13-36)47(54)55-28-26-38-16-23-43(24-17-38)58-35(6)33(4)48(50,51)52/h7,12-17,19-24,26,28-30H,1-2,4-6,8-9,27,31H2,3H3/b28-26+. The normalized spacial score (nSPS) is 10.5. The zero-order valence-electron chi connectivity index (χ0n) is 32.0. The molecular formula is C48H38F4O7. The fourth-order valence-electron chi connectivity index (χ4n) is 4.72. The van der Waals surface area contributed by atoms with Crippen LogP contribution >= 0.6 is 0 Å². The smallest absolute Gasteiger partial charge is 0.419 e. The number of halogens is 4.